The van der Waals surface area contributed by atoms with Gasteiger partial charge in [0, 0.05) is 6.07 Å². The third-order valence-corrected chi connectivity index (χ3v) is 3.87. The van der Waals surface area contributed by atoms with E-state index in [0.717, 1.165) is 11.3 Å². The van der Waals surface area contributed by atoms with E-state index in [2.05, 4.69) is 10.5 Å². The summed E-state index contributed by atoms with van der Waals surface area (Å²) in [6, 6.07) is 8.53. The van der Waals surface area contributed by atoms with Crippen molar-refractivity contribution in [2.24, 2.45) is 5.10 Å². The zero-order valence-corrected chi connectivity index (χ0v) is 12.9. The quantitative estimate of drug-likeness (QED) is 0.627. The number of ether oxygens (including phenoxy) is 1. The number of nitrogens with one attached hydrogen (secondary N) is 1. The lowest BCUT2D eigenvalue weighted by atomic mass is 10.3. The molecule has 6 nitrogen and oxygen atoms in total. The van der Waals surface area contributed by atoms with Crippen LogP contribution in [-0.2, 0) is 4.79 Å². The number of rotatable bonds is 6. The summed E-state index contributed by atoms with van der Waals surface area (Å²) in [5, 5.41) is 12.7. The number of thiophene rings is 1. The standard InChI is InChI=1S/C15H13FN2O4S/c1-9(12-5-6-13(23-12)15(20)21)17-18-14(19)8-22-11-4-2-3-10(16)7-11/h2-7H,8H2,1H3,(H,18,19)(H,20,21)/b17-9-. The maximum atomic E-state index is 12.9. The number of carbonyl (C=O) groups is 2. The number of aromatic carboxylic acids is 1. The number of halogens is 1. The second-order valence-corrected chi connectivity index (χ2v) is 5.53. The van der Waals surface area contributed by atoms with Crippen LogP contribution >= 0.6 is 11.3 Å². The molecule has 120 valence electrons. The van der Waals surface area contributed by atoms with Gasteiger partial charge in [0.05, 0.1) is 10.6 Å². The van der Waals surface area contributed by atoms with Crippen LogP contribution in [0.2, 0.25) is 0 Å². The van der Waals surface area contributed by atoms with E-state index in [1.165, 1.54) is 30.3 Å². The fourth-order valence-electron chi connectivity index (χ4n) is 1.59. The first-order valence-electron chi connectivity index (χ1n) is 6.50. The number of carboxylic acids is 1. The molecule has 0 unspecified atom stereocenters. The average Bonchev–Trinajstić information content (AvgIpc) is 3.01. The molecule has 0 radical (unpaired) electrons. The molecule has 2 rings (SSSR count). The Morgan fingerprint density at radius 3 is 2.70 bits per heavy atom. The van der Waals surface area contributed by atoms with Gasteiger partial charge in [-0.25, -0.2) is 14.6 Å². The van der Waals surface area contributed by atoms with Crippen molar-refractivity contribution in [1.82, 2.24) is 5.43 Å². The largest absolute Gasteiger partial charge is 0.484 e. The number of amides is 1. The predicted molar refractivity (Wildman–Crippen MR) is 83.5 cm³/mol. The fourth-order valence-corrected chi connectivity index (χ4v) is 2.38. The molecule has 1 aromatic carbocycles. The molecule has 0 fully saturated rings. The fraction of sp³-hybridized carbons (Fsp3) is 0.133. The summed E-state index contributed by atoms with van der Waals surface area (Å²) >= 11 is 1.06. The topological polar surface area (TPSA) is 88.0 Å². The Kier molecular flexibility index (Phi) is 5.42. The van der Waals surface area contributed by atoms with E-state index in [9.17, 15) is 14.0 Å². The number of hydrazone groups is 1. The zero-order chi connectivity index (χ0) is 16.8. The Morgan fingerprint density at radius 2 is 2.04 bits per heavy atom. The van der Waals surface area contributed by atoms with Crippen LogP contribution in [-0.4, -0.2) is 29.3 Å². The Labute approximate surface area is 135 Å². The molecule has 2 N–H and O–H groups in total. The summed E-state index contributed by atoms with van der Waals surface area (Å²) in [7, 11) is 0. The van der Waals surface area contributed by atoms with E-state index in [0.29, 0.717) is 10.6 Å². The first-order valence-corrected chi connectivity index (χ1v) is 7.32. The van der Waals surface area contributed by atoms with Crippen molar-refractivity contribution in [2.75, 3.05) is 6.61 Å². The minimum absolute atomic E-state index is 0.190. The molecule has 0 atom stereocenters. The maximum Gasteiger partial charge on any atom is 0.345 e. The SMILES string of the molecule is C/C(=N/NC(=O)COc1cccc(F)c1)c1ccc(C(=O)O)s1. The molecule has 8 heteroatoms. The van der Waals surface area contributed by atoms with Crippen LogP contribution in [0.1, 0.15) is 21.5 Å². The Hall–Kier alpha value is -2.74. The summed E-state index contributed by atoms with van der Waals surface area (Å²) in [6.07, 6.45) is 0. The van der Waals surface area contributed by atoms with E-state index in [1.807, 2.05) is 0 Å². The van der Waals surface area contributed by atoms with Gasteiger partial charge in [0.2, 0.25) is 0 Å². The van der Waals surface area contributed by atoms with E-state index >= 15 is 0 Å². The number of hydrogen-bond acceptors (Lipinski definition) is 5. The van der Waals surface area contributed by atoms with Crippen molar-refractivity contribution < 1.29 is 23.8 Å². The molecule has 0 bridgehead atoms. The molecular weight excluding hydrogens is 323 g/mol. The number of carboxylic acid groups (broad SMARTS) is 1. The third kappa shape index (κ3) is 4.89. The summed E-state index contributed by atoms with van der Waals surface area (Å²) in [5.74, 6) is -1.74. The van der Waals surface area contributed by atoms with E-state index in [-0.39, 0.29) is 17.2 Å². The number of hydrogen-bond donors (Lipinski definition) is 2. The number of nitrogens with zero attached hydrogens (tertiary/aromatic N) is 1. The smallest absolute Gasteiger partial charge is 0.345 e. The molecule has 0 saturated heterocycles. The second-order valence-electron chi connectivity index (χ2n) is 4.45. The molecule has 1 aromatic heterocycles. The van der Waals surface area contributed by atoms with Gasteiger partial charge in [0.1, 0.15) is 16.4 Å². The van der Waals surface area contributed by atoms with Crippen molar-refractivity contribution in [3.05, 3.63) is 52.0 Å². The highest BCUT2D eigenvalue weighted by Gasteiger charge is 2.09. The van der Waals surface area contributed by atoms with Crippen molar-refractivity contribution in [3.63, 3.8) is 0 Å². The van der Waals surface area contributed by atoms with Gasteiger partial charge in [-0.2, -0.15) is 5.10 Å². The van der Waals surface area contributed by atoms with E-state index < -0.39 is 17.7 Å². The van der Waals surface area contributed by atoms with Gasteiger partial charge < -0.3 is 9.84 Å². The van der Waals surface area contributed by atoms with Gasteiger partial charge in [-0.3, -0.25) is 4.79 Å². The zero-order valence-electron chi connectivity index (χ0n) is 12.1. The first-order chi connectivity index (χ1) is 11.0. The average molecular weight is 336 g/mol. The minimum atomic E-state index is -1.01. The van der Waals surface area contributed by atoms with Gasteiger partial charge in [0.25, 0.3) is 5.91 Å². The van der Waals surface area contributed by atoms with Crippen molar-refractivity contribution in [2.45, 2.75) is 6.92 Å². The van der Waals surface area contributed by atoms with Gasteiger partial charge in [-0.05, 0) is 31.2 Å². The summed E-state index contributed by atoms with van der Waals surface area (Å²) < 4.78 is 18.1. The van der Waals surface area contributed by atoms with Gasteiger partial charge in [-0.1, -0.05) is 6.07 Å². The van der Waals surface area contributed by atoms with Crippen LogP contribution in [0, 0.1) is 5.82 Å². The molecule has 2 aromatic rings. The number of carbonyl (C=O) groups excluding carboxylic acids is 1. The van der Waals surface area contributed by atoms with Gasteiger partial charge >= 0.3 is 5.97 Å². The monoisotopic (exact) mass is 336 g/mol. The highest BCUT2D eigenvalue weighted by atomic mass is 32.1. The van der Waals surface area contributed by atoms with Gasteiger partial charge in [0.15, 0.2) is 6.61 Å². The molecular formula is C15H13FN2O4S. The molecule has 1 heterocycles. The van der Waals surface area contributed by atoms with Crippen LogP contribution in [0.25, 0.3) is 0 Å². The lowest BCUT2D eigenvalue weighted by Crippen LogP contribution is -2.25. The normalized spacial score (nSPS) is 11.1. The summed E-state index contributed by atoms with van der Waals surface area (Å²) in [6.45, 7) is 1.33. The number of benzene rings is 1. The highest BCUT2D eigenvalue weighted by Crippen LogP contribution is 2.17. The van der Waals surface area contributed by atoms with Crippen LogP contribution in [0.5, 0.6) is 5.75 Å². The van der Waals surface area contributed by atoms with Crippen LogP contribution in [0.15, 0.2) is 41.5 Å². The molecule has 0 aliphatic carbocycles. The van der Waals surface area contributed by atoms with E-state index in [4.69, 9.17) is 9.84 Å². The van der Waals surface area contributed by atoms with Gasteiger partial charge in [-0.15, -0.1) is 11.3 Å². The highest BCUT2D eigenvalue weighted by molar-refractivity contribution is 7.15. The molecule has 0 aliphatic heterocycles. The maximum absolute atomic E-state index is 12.9. The summed E-state index contributed by atoms with van der Waals surface area (Å²) in [4.78, 5) is 23.3. The summed E-state index contributed by atoms with van der Waals surface area (Å²) in [5.41, 5.74) is 2.77. The first kappa shape index (κ1) is 16.6. The predicted octanol–water partition coefficient (Wildman–Crippen LogP) is 2.50. The van der Waals surface area contributed by atoms with Crippen molar-refractivity contribution in [3.8, 4) is 5.75 Å². The molecule has 0 spiro atoms. The lowest BCUT2D eigenvalue weighted by Gasteiger charge is -2.05. The lowest BCUT2D eigenvalue weighted by molar-refractivity contribution is -0.123. The Balaban J connectivity index is 1.88. The van der Waals surface area contributed by atoms with Crippen molar-refractivity contribution in [1.29, 1.82) is 0 Å². The third-order valence-electron chi connectivity index (χ3n) is 2.69. The van der Waals surface area contributed by atoms with Crippen molar-refractivity contribution >= 4 is 28.9 Å². The Morgan fingerprint density at radius 1 is 1.30 bits per heavy atom. The Bertz CT molecular complexity index is 757. The van der Waals surface area contributed by atoms with Crippen LogP contribution in [0.4, 0.5) is 4.39 Å². The second kappa shape index (κ2) is 7.50. The van der Waals surface area contributed by atoms with Crippen LogP contribution < -0.4 is 10.2 Å². The van der Waals surface area contributed by atoms with E-state index in [1.54, 1.807) is 13.0 Å². The molecule has 0 aliphatic rings. The van der Waals surface area contributed by atoms with Crippen LogP contribution in [0.3, 0.4) is 0 Å². The molecule has 1 amide bonds. The molecule has 0 saturated carbocycles. The molecule has 23 heavy (non-hydrogen) atoms. The minimum Gasteiger partial charge on any atom is -0.484 e.